The molecular formula is C20H22N6O. The van der Waals surface area contributed by atoms with Gasteiger partial charge < -0.3 is 11.1 Å². The fourth-order valence-corrected chi connectivity index (χ4v) is 2.78. The van der Waals surface area contributed by atoms with Gasteiger partial charge in [0.2, 0.25) is 5.91 Å². The lowest BCUT2D eigenvalue weighted by Crippen LogP contribution is -2.35. The molecule has 0 radical (unpaired) electrons. The molecule has 1 aromatic heterocycles. The third-order valence-corrected chi connectivity index (χ3v) is 4.06. The molecule has 0 bridgehead atoms. The van der Waals surface area contributed by atoms with Crippen molar-refractivity contribution in [2.45, 2.75) is 12.8 Å². The van der Waals surface area contributed by atoms with Crippen LogP contribution in [0.25, 0.3) is 0 Å². The Hall–Kier alpha value is -3.61. The van der Waals surface area contributed by atoms with Crippen LogP contribution in [-0.2, 0) is 4.79 Å². The number of carbonyl (C=O) groups is 1. The number of nitrogens with two attached hydrogens (primary N) is 1. The van der Waals surface area contributed by atoms with Gasteiger partial charge in [-0.1, -0.05) is 60.7 Å². The van der Waals surface area contributed by atoms with Crippen molar-refractivity contribution in [3.8, 4) is 0 Å². The third-order valence-electron chi connectivity index (χ3n) is 4.06. The van der Waals surface area contributed by atoms with Crippen molar-refractivity contribution >= 4 is 23.2 Å². The lowest BCUT2D eigenvalue weighted by Gasteiger charge is -2.19. The molecule has 0 atom stereocenters. The normalized spacial score (nSPS) is 10.4. The molecule has 7 nitrogen and oxygen atoms in total. The highest BCUT2D eigenvalue weighted by atomic mass is 16.2. The second kappa shape index (κ2) is 8.66. The average Bonchev–Trinajstić information content (AvgIpc) is 2.71. The topological polar surface area (TPSA) is 105 Å². The van der Waals surface area contributed by atoms with Gasteiger partial charge in [-0.05, 0) is 18.1 Å². The summed E-state index contributed by atoms with van der Waals surface area (Å²) < 4.78 is 0. The van der Waals surface area contributed by atoms with E-state index in [9.17, 15) is 4.79 Å². The summed E-state index contributed by atoms with van der Waals surface area (Å²) >= 11 is 0. The standard InChI is InChI=1S/C20H22N6O/c1-2-22-18-17(21)19(24-13-23-18)25-26-20(27)16(14-9-5-3-6-10-14)15-11-7-4-8-12-15/h3-13,16H,2,21H2,1H3,(H,26,27)(H2,22,23,24,25). The summed E-state index contributed by atoms with van der Waals surface area (Å²) in [5.41, 5.74) is 13.7. The number of hydrogen-bond donors (Lipinski definition) is 4. The Balaban J connectivity index is 1.81. The van der Waals surface area contributed by atoms with E-state index in [1.54, 1.807) is 0 Å². The molecule has 5 N–H and O–H groups in total. The minimum Gasteiger partial charge on any atom is -0.393 e. The first-order chi connectivity index (χ1) is 13.2. The summed E-state index contributed by atoms with van der Waals surface area (Å²) in [7, 11) is 0. The van der Waals surface area contributed by atoms with Crippen molar-refractivity contribution < 1.29 is 4.79 Å². The van der Waals surface area contributed by atoms with Gasteiger partial charge >= 0.3 is 0 Å². The minimum atomic E-state index is -0.462. The number of hydrazine groups is 1. The maximum atomic E-state index is 13.0. The molecule has 1 amide bonds. The van der Waals surface area contributed by atoms with Crippen LogP contribution in [0, 0.1) is 0 Å². The predicted octanol–water partition coefficient (Wildman–Crippen LogP) is 2.77. The van der Waals surface area contributed by atoms with E-state index in [4.69, 9.17) is 5.73 Å². The lowest BCUT2D eigenvalue weighted by molar-refractivity contribution is -0.121. The van der Waals surface area contributed by atoms with Gasteiger partial charge in [-0.3, -0.25) is 15.6 Å². The van der Waals surface area contributed by atoms with Crippen molar-refractivity contribution in [1.82, 2.24) is 15.4 Å². The Kier molecular flexibility index (Phi) is 5.84. The lowest BCUT2D eigenvalue weighted by atomic mass is 9.91. The number of nitrogen functional groups attached to an aromatic ring is 1. The molecule has 0 spiro atoms. The molecule has 0 saturated heterocycles. The van der Waals surface area contributed by atoms with E-state index >= 15 is 0 Å². The van der Waals surface area contributed by atoms with E-state index in [2.05, 4.69) is 26.1 Å². The number of rotatable bonds is 7. The maximum Gasteiger partial charge on any atom is 0.250 e. The van der Waals surface area contributed by atoms with Crippen molar-refractivity contribution in [2.75, 3.05) is 23.0 Å². The highest BCUT2D eigenvalue weighted by Gasteiger charge is 2.22. The number of hydrogen-bond acceptors (Lipinski definition) is 6. The van der Waals surface area contributed by atoms with Crippen LogP contribution in [0.4, 0.5) is 17.3 Å². The van der Waals surface area contributed by atoms with Gasteiger partial charge in [-0.25, -0.2) is 9.97 Å². The molecule has 0 aliphatic heterocycles. The van der Waals surface area contributed by atoms with E-state index < -0.39 is 5.92 Å². The van der Waals surface area contributed by atoms with Crippen molar-refractivity contribution in [1.29, 1.82) is 0 Å². The zero-order chi connectivity index (χ0) is 19.1. The molecule has 0 aliphatic rings. The summed E-state index contributed by atoms with van der Waals surface area (Å²) in [5.74, 6) is 0.188. The summed E-state index contributed by atoms with van der Waals surface area (Å²) in [6.45, 7) is 2.62. The predicted molar refractivity (Wildman–Crippen MR) is 107 cm³/mol. The highest BCUT2D eigenvalue weighted by Crippen LogP contribution is 2.25. The largest absolute Gasteiger partial charge is 0.393 e. The fourth-order valence-electron chi connectivity index (χ4n) is 2.78. The quantitative estimate of drug-likeness (QED) is 0.482. The molecule has 1 heterocycles. The summed E-state index contributed by atoms with van der Waals surface area (Å²) in [4.78, 5) is 21.1. The Labute approximate surface area is 158 Å². The number of nitrogens with one attached hydrogen (secondary N) is 3. The summed E-state index contributed by atoms with van der Waals surface area (Å²) in [6.07, 6.45) is 1.38. The molecule has 2 aromatic carbocycles. The number of benzene rings is 2. The zero-order valence-electron chi connectivity index (χ0n) is 15.0. The third kappa shape index (κ3) is 4.33. The number of nitrogens with zero attached hydrogens (tertiary/aromatic N) is 2. The van der Waals surface area contributed by atoms with Crippen molar-refractivity contribution in [3.05, 3.63) is 78.1 Å². The Morgan fingerprint density at radius 3 is 2.07 bits per heavy atom. The Morgan fingerprint density at radius 1 is 0.963 bits per heavy atom. The first kappa shape index (κ1) is 18.2. The summed E-state index contributed by atoms with van der Waals surface area (Å²) in [5, 5.41) is 3.05. The number of amides is 1. The van der Waals surface area contributed by atoms with E-state index in [-0.39, 0.29) is 5.91 Å². The molecule has 3 rings (SSSR count). The van der Waals surface area contributed by atoms with Crippen LogP contribution in [0.15, 0.2) is 67.0 Å². The summed E-state index contributed by atoms with van der Waals surface area (Å²) in [6, 6.07) is 19.2. The monoisotopic (exact) mass is 362 g/mol. The van der Waals surface area contributed by atoms with Gasteiger partial charge in [0, 0.05) is 6.54 Å². The second-order valence-corrected chi connectivity index (χ2v) is 5.88. The fraction of sp³-hybridized carbons (Fsp3) is 0.150. The number of aromatic nitrogens is 2. The van der Waals surface area contributed by atoms with Crippen LogP contribution in [0.5, 0.6) is 0 Å². The van der Waals surface area contributed by atoms with Crippen LogP contribution in [0.1, 0.15) is 24.0 Å². The van der Waals surface area contributed by atoms with Gasteiger partial charge in [0.1, 0.15) is 12.0 Å². The van der Waals surface area contributed by atoms with E-state index in [1.807, 2.05) is 67.6 Å². The minimum absolute atomic E-state index is 0.213. The zero-order valence-corrected chi connectivity index (χ0v) is 15.0. The van der Waals surface area contributed by atoms with E-state index in [0.29, 0.717) is 23.9 Å². The van der Waals surface area contributed by atoms with Gasteiger partial charge in [0.15, 0.2) is 11.6 Å². The van der Waals surface area contributed by atoms with Gasteiger partial charge in [-0.2, -0.15) is 0 Å². The van der Waals surface area contributed by atoms with Gasteiger partial charge in [0.05, 0.1) is 5.92 Å². The number of carbonyl (C=O) groups excluding carboxylic acids is 1. The van der Waals surface area contributed by atoms with E-state index in [1.165, 1.54) is 6.33 Å². The van der Waals surface area contributed by atoms with Crippen LogP contribution >= 0.6 is 0 Å². The van der Waals surface area contributed by atoms with Crippen LogP contribution in [0.2, 0.25) is 0 Å². The van der Waals surface area contributed by atoms with E-state index in [0.717, 1.165) is 11.1 Å². The molecule has 27 heavy (non-hydrogen) atoms. The molecule has 0 aliphatic carbocycles. The average molecular weight is 362 g/mol. The van der Waals surface area contributed by atoms with Crippen LogP contribution < -0.4 is 21.9 Å². The molecule has 3 aromatic rings. The smallest absolute Gasteiger partial charge is 0.250 e. The molecule has 0 unspecified atom stereocenters. The Bertz CT molecular complexity index is 846. The van der Waals surface area contributed by atoms with Gasteiger partial charge in [0.25, 0.3) is 0 Å². The first-order valence-electron chi connectivity index (χ1n) is 8.70. The molecular weight excluding hydrogens is 340 g/mol. The highest BCUT2D eigenvalue weighted by molar-refractivity contribution is 5.88. The maximum absolute atomic E-state index is 13.0. The van der Waals surface area contributed by atoms with Crippen LogP contribution in [0.3, 0.4) is 0 Å². The van der Waals surface area contributed by atoms with Crippen molar-refractivity contribution in [3.63, 3.8) is 0 Å². The molecule has 0 fully saturated rings. The SMILES string of the molecule is CCNc1ncnc(NNC(=O)C(c2ccccc2)c2ccccc2)c1N. The first-order valence-corrected chi connectivity index (χ1v) is 8.70. The van der Waals surface area contributed by atoms with Gasteiger partial charge in [-0.15, -0.1) is 0 Å². The Morgan fingerprint density at radius 2 is 1.52 bits per heavy atom. The molecule has 7 heteroatoms. The number of anilines is 3. The van der Waals surface area contributed by atoms with Crippen LogP contribution in [-0.4, -0.2) is 22.4 Å². The molecule has 138 valence electrons. The molecule has 0 saturated carbocycles. The van der Waals surface area contributed by atoms with Crippen molar-refractivity contribution in [2.24, 2.45) is 0 Å². The second-order valence-electron chi connectivity index (χ2n) is 5.88.